The van der Waals surface area contributed by atoms with Crippen LogP contribution in [0.25, 0.3) is 0 Å². The molecule has 0 spiro atoms. The summed E-state index contributed by atoms with van der Waals surface area (Å²) in [5.41, 5.74) is 8.26. The Morgan fingerprint density at radius 1 is 0.882 bits per heavy atom. The molecule has 0 saturated carbocycles. The molecule has 2 rings (SSSR count). The molecular weight excluding hydrogens is 210 g/mol. The summed E-state index contributed by atoms with van der Waals surface area (Å²) in [4.78, 5) is 11.3. The van der Waals surface area contributed by atoms with Crippen molar-refractivity contribution < 1.29 is 4.79 Å². The molecule has 0 atom stereocenters. The zero-order valence-electron chi connectivity index (χ0n) is 9.60. The van der Waals surface area contributed by atoms with Crippen molar-refractivity contribution in [3.8, 4) is 0 Å². The summed E-state index contributed by atoms with van der Waals surface area (Å²) < 4.78 is 0. The predicted molar refractivity (Wildman–Crippen MR) is 68.8 cm³/mol. The van der Waals surface area contributed by atoms with Crippen molar-refractivity contribution in [1.29, 1.82) is 0 Å². The molecule has 0 saturated heterocycles. The maximum Gasteiger partial charge on any atom is 0.248 e. The van der Waals surface area contributed by atoms with Gasteiger partial charge in [0.2, 0.25) is 5.91 Å². The lowest BCUT2D eigenvalue weighted by molar-refractivity contribution is 0.0999. The summed E-state index contributed by atoms with van der Waals surface area (Å²) in [5, 5.41) is 0. The van der Waals surface area contributed by atoms with Crippen LogP contribution in [0.5, 0.6) is 0 Å². The van der Waals surface area contributed by atoms with Gasteiger partial charge in [-0.2, -0.15) is 0 Å². The lowest BCUT2D eigenvalue weighted by atomic mass is 9.99. The van der Waals surface area contributed by atoms with Gasteiger partial charge in [0.25, 0.3) is 0 Å². The molecule has 0 fully saturated rings. The third-order valence-electron chi connectivity index (χ3n) is 2.81. The van der Waals surface area contributed by atoms with Gasteiger partial charge in [-0.15, -0.1) is 0 Å². The molecular formula is C15H15NO. The van der Waals surface area contributed by atoms with Gasteiger partial charge >= 0.3 is 0 Å². The van der Waals surface area contributed by atoms with E-state index < -0.39 is 0 Å². The van der Waals surface area contributed by atoms with Crippen LogP contribution in [0.2, 0.25) is 0 Å². The fourth-order valence-corrected chi connectivity index (χ4v) is 1.90. The number of aryl methyl sites for hydroxylation is 2. The van der Waals surface area contributed by atoms with Crippen LogP contribution in [0.4, 0.5) is 0 Å². The van der Waals surface area contributed by atoms with Gasteiger partial charge in [0.15, 0.2) is 0 Å². The average molecular weight is 225 g/mol. The summed E-state index contributed by atoms with van der Waals surface area (Å²) >= 11 is 0. The minimum absolute atomic E-state index is 0.353. The van der Waals surface area contributed by atoms with E-state index in [4.69, 9.17) is 5.73 Å². The maximum absolute atomic E-state index is 11.3. The molecule has 0 unspecified atom stereocenters. The Balaban J connectivity index is 2.12. The monoisotopic (exact) mass is 225 g/mol. The number of benzene rings is 2. The lowest BCUT2D eigenvalue weighted by Crippen LogP contribution is -2.13. The first-order valence-corrected chi connectivity index (χ1v) is 5.69. The van der Waals surface area contributed by atoms with E-state index in [9.17, 15) is 4.79 Å². The van der Waals surface area contributed by atoms with Gasteiger partial charge < -0.3 is 5.73 Å². The van der Waals surface area contributed by atoms with E-state index in [1.54, 1.807) is 6.07 Å². The lowest BCUT2D eigenvalue weighted by Gasteiger charge is -2.06. The number of carbonyl (C=O) groups is 1. The first-order chi connectivity index (χ1) is 8.27. The van der Waals surface area contributed by atoms with Gasteiger partial charge in [0.1, 0.15) is 0 Å². The molecule has 0 radical (unpaired) electrons. The standard InChI is InChI=1S/C15H15NO/c16-15(17)14-9-5-4-8-13(14)11-10-12-6-2-1-3-7-12/h1-9H,10-11H2,(H2,16,17). The molecule has 0 aromatic heterocycles. The highest BCUT2D eigenvalue weighted by atomic mass is 16.1. The number of hydrogen-bond donors (Lipinski definition) is 1. The quantitative estimate of drug-likeness (QED) is 0.853. The Labute approximate surface area is 101 Å². The third-order valence-corrected chi connectivity index (χ3v) is 2.81. The minimum Gasteiger partial charge on any atom is -0.366 e. The number of carbonyl (C=O) groups excluding carboxylic acids is 1. The third kappa shape index (κ3) is 2.94. The highest BCUT2D eigenvalue weighted by Crippen LogP contribution is 2.12. The van der Waals surface area contributed by atoms with Gasteiger partial charge in [-0.1, -0.05) is 48.5 Å². The Morgan fingerprint density at radius 2 is 1.53 bits per heavy atom. The van der Waals surface area contributed by atoms with E-state index in [1.807, 2.05) is 36.4 Å². The summed E-state index contributed by atoms with van der Waals surface area (Å²) in [5.74, 6) is -0.353. The van der Waals surface area contributed by atoms with Gasteiger partial charge in [0.05, 0.1) is 0 Å². The molecule has 2 aromatic rings. The predicted octanol–water partition coefficient (Wildman–Crippen LogP) is 2.57. The highest BCUT2D eigenvalue weighted by Gasteiger charge is 2.06. The zero-order chi connectivity index (χ0) is 12.1. The maximum atomic E-state index is 11.3. The van der Waals surface area contributed by atoms with E-state index in [1.165, 1.54) is 5.56 Å². The number of nitrogens with two attached hydrogens (primary N) is 1. The van der Waals surface area contributed by atoms with E-state index >= 15 is 0 Å². The van der Waals surface area contributed by atoms with Crippen molar-refractivity contribution in [2.24, 2.45) is 5.73 Å². The Bertz CT molecular complexity index is 505. The van der Waals surface area contributed by atoms with E-state index in [0.717, 1.165) is 18.4 Å². The van der Waals surface area contributed by atoms with Crippen LogP contribution in [0.1, 0.15) is 21.5 Å². The van der Waals surface area contributed by atoms with Crippen LogP contribution in [-0.4, -0.2) is 5.91 Å². The van der Waals surface area contributed by atoms with Crippen LogP contribution in [-0.2, 0) is 12.8 Å². The molecule has 17 heavy (non-hydrogen) atoms. The number of rotatable bonds is 4. The summed E-state index contributed by atoms with van der Waals surface area (Å²) in [6.45, 7) is 0. The molecule has 0 aliphatic rings. The average Bonchev–Trinajstić information content (AvgIpc) is 2.38. The number of amides is 1. The summed E-state index contributed by atoms with van der Waals surface area (Å²) in [6, 6.07) is 17.7. The largest absolute Gasteiger partial charge is 0.366 e. The fraction of sp³-hybridized carbons (Fsp3) is 0.133. The molecule has 2 heteroatoms. The van der Waals surface area contributed by atoms with Gasteiger partial charge in [-0.3, -0.25) is 4.79 Å². The second kappa shape index (κ2) is 5.30. The van der Waals surface area contributed by atoms with Gasteiger partial charge in [-0.25, -0.2) is 0 Å². The van der Waals surface area contributed by atoms with Gasteiger partial charge in [-0.05, 0) is 30.0 Å². The van der Waals surface area contributed by atoms with Crippen molar-refractivity contribution in [3.05, 3.63) is 71.3 Å². The molecule has 2 N–H and O–H groups in total. The number of hydrogen-bond acceptors (Lipinski definition) is 1. The van der Waals surface area contributed by atoms with Crippen molar-refractivity contribution >= 4 is 5.91 Å². The molecule has 0 bridgehead atoms. The van der Waals surface area contributed by atoms with Crippen molar-refractivity contribution in [3.63, 3.8) is 0 Å². The summed E-state index contributed by atoms with van der Waals surface area (Å²) in [7, 11) is 0. The second-order valence-electron chi connectivity index (χ2n) is 4.01. The first kappa shape index (κ1) is 11.4. The molecule has 1 amide bonds. The highest BCUT2D eigenvalue weighted by molar-refractivity contribution is 5.94. The molecule has 2 aromatic carbocycles. The van der Waals surface area contributed by atoms with E-state index in [-0.39, 0.29) is 5.91 Å². The first-order valence-electron chi connectivity index (χ1n) is 5.69. The van der Waals surface area contributed by atoms with Crippen molar-refractivity contribution in [2.45, 2.75) is 12.8 Å². The molecule has 0 heterocycles. The van der Waals surface area contributed by atoms with Crippen LogP contribution in [0.15, 0.2) is 54.6 Å². The smallest absolute Gasteiger partial charge is 0.248 e. The van der Waals surface area contributed by atoms with Crippen LogP contribution in [0, 0.1) is 0 Å². The molecule has 2 nitrogen and oxygen atoms in total. The van der Waals surface area contributed by atoms with Crippen molar-refractivity contribution in [1.82, 2.24) is 0 Å². The SMILES string of the molecule is NC(=O)c1ccccc1CCc1ccccc1. The van der Waals surface area contributed by atoms with Gasteiger partial charge in [0, 0.05) is 5.56 Å². The van der Waals surface area contributed by atoms with E-state index in [0.29, 0.717) is 5.56 Å². The topological polar surface area (TPSA) is 43.1 Å². The Hall–Kier alpha value is -2.09. The fourth-order valence-electron chi connectivity index (χ4n) is 1.90. The Kier molecular flexibility index (Phi) is 3.55. The van der Waals surface area contributed by atoms with Crippen LogP contribution >= 0.6 is 0 Å². The second-order valence-corrected chi connectivity index (χ2v) is 4.01. The number of primary amides is 1. The van der Waals surface area contributed by atoms with Crippen LogP contribution in [0.3, 0.4) is 0 Å². The minimum atomic E-state index is -0.353. The zero-order valence-corrected chi connectivity index (χ0v) is 9.60. The Morgan fingerprint density at radius 3 is 2.24 bits per heavy atom. The van der Waals surface area contributed by atoms with E-state index in [2.05, 4.69) is 12.1 Å². The van der Waals surface area contributed by atoms with Crippen molar-refractivity contribution in [2.75, 3.05) is 0 Å². The summed E-state index contributed by atoms with van der Waals surface area (Å²) in [6.07, 6.45) is 1.76. The van der Waals surface area contributed by atoms with Crippen LogP contribution < -0.4 is 5.73 Å². The molecule has 0 aliphatic carbocycles. The normalized spacial score (nSPS) is 10.1. The molecule has 0 aliphatic heterocycles. The molecule has 86 valence electrons.